The van der Waals surface area contributed by atoms with E-state index in [4.69, 9.17) is 16.3 Å². The van der Waals surface area contributed by atoms with Crippen molar-refractivity contribution in [2.45, 2.75) is 19.4 Å². The summed E-state index contributed by atoms with van der Waals surface area (Å²) in [4.78, 5) is 26.4. The van der Waals surface area contributed by atoms with Gasteiger partial charge in [-0.05, 0) is 42.8 Å². The van der Waals surface area contributed by atoms with Crippen molar-refractivity contribution in [3.63, 3.8) is 0 Å². The fraction of sp³-hybridized carbons (Fsp3) is 0.300. The van der Waals surface area contributed by atoms with Crippen LogP contribution in [-0.2, 0) is 9.59 Å². The van der Waals surface area contributed by atoms with Crippen LogP contribution in [0.2, 0.25) is 5.02 Å². The average Bonchev–Trinajstić information content (AvgIpc) is 3.06. The Morgan fingerprint density at radius 3 is 2.63 bits per heavy atom. The van der Waals surface area contributed by atoms with Crippen LogP contribution in [-0.4, -0.2) is 25.5 Å². The minimum atomic E-state index is -0.547. The molecule has 1 fully saturated rings. The molecule has 1 heterocycles. The summed E-state index contributed by atoms with van der Waals surface area (Å²) in [5, 5.41) is 2.89. The Balaban J connectivity index is 1.65. The fourth-order valence-electron chi connectivity index (χ4n) is 3.09. The molecule has 2 aromatic rings. The second-order valence-corrected chi connectivity index (χ2v) is 6.91. The highest BCUT2D eigenvalue weighted by atomic mass is 35.5. The molecule has 1 saturated heterocycles. The number of carbonyl (C=O) groups is 2. The van der Waals surface area contributed by atoms with Gasteiger partial charge in [0.2, 0.25) is 11.8 Å². The molecule has 1 N–H and O–H groups in total. The highest BCUT2D eigenvalue weighted by Crippen LogP contribution is 2.29. The Kier molecular flexibility index (Phi) is 5.65. The zero-order chi connectivity index (χ0) is 19.6. The molecule has 2 amide bonds. The number of halogens is 2. The van der Waals surface area contributed by atoms with Gasteiger partial charge in [-0.25, -0.2) is 4.39 Å². The van der Waals surface area contributed by atoms with E-state index in [1.165, 1.54) is 23.1 Å². The molecule has 0 aromatic heterocycles. The minimum Gasteiger partial charge on any atom is -0.497 e. The van der Waals surface area contributed by atoms with Crippen LogP contribution in [0.4, 0.5) is 10.1 Å². The molecule has 0 radical (unpaired) electrons. The zero-order valence-corrected chi connectivity index (χ0v) is 15.8. The number of methoxy groups -OCH3 is 1. The van der Waals surface area contributed by atoms with E-state index in [9.17, 15) is 14.0 Å². The quantitative estimate of drug-likeness (QED) is 0.846. The van der Waals surface area contributed by atoms with Gasteiger partial charge in [0.15, 0.2) is 0 Å². The number of carbonyl (C=O) groups excluding carboxylic acids is 2. The lowest BCUT2D eigenvalue weighted by Gasteiger charge is -2.19. The van der Waals surface area contributed by atoms with Crippen molar-refractivity contribution < 1.29 is 18.7 Å². The van der Waals surface area contributed by atoms with Crippen molar-refractivity contribution >= 4 is 29.1 Å². The molecule has 2 atom stereocenters. The van der Waals surface area contributed by atoms with Crippen molar-refractivity contribution in [1.29, 1.82) is 0 Å². The number of ether oxygens (including phenoxy) is 1. The second-order valence-electron chi connectivity index (χ2n) is 6.51. The maximum atomic E-state index is 13.3. The minimum absolute atomic E-state index is 0.0543. The van der Waals surface area contributed by atoms with Gasteiger partial charge in [0, 0.05) is 18.7 Å². The summed E-state index contributed by atoms with van der Waals surface area (Å²) in [5.41, 5.74) is 1.43. The molecule has 0 aliphatic carbocycles. The molecule has 1 aliphatic rings. The largest absolute Gasteiger partial charge is 0.497 e. The lowest BCUT2D eigenvalue weighted by molar-refractivity contribution is -0.126. The van der Waals surface area contributed by atoms with E-state index < -0.39 is 11.7 Å². The third kappa shape index (κ3) is 4.22. The third-order valence-corrected chi connectivity index (χ3v) is 4.97. The number of hydrogen-bond donors (Lipinski definition) is 1. The zero-order valence-electron chi connectivity index (χ0n) is 15.0. The Morgan fingerprint density at radius 2 is 2.00 bits per heavy atom. The van der Waals surface area contributed by atoms with Gasteiger partial charge in [0.1, 0.15) is 11.6 Å². The van der Waals surface area contributed by atoms with Gasteiger partial charge in [0.25, 0.3) is 0 Å². The maximum Gasteiger partial charge on any atom is 0.227 e. The van der Waals surface area contributed by atoms with Gasteiger partial charge in [-0.3, -0.25) is 9.59 Å². The van der Waals surface area contributed by atoms with Gasteiger partial charge in [-0.1, -0.05) is 23.7 Å². The lowest BCUT2D eigenvalue weighted by Crippen LogP contribution is -2.34. The van der Waals surface area contributed by atoms with Crippen molar-refractivity contribution in [3.05, 3.63) is 58.9 Å². The Hall–Kier alpha value is -2.60. The molecule has 5 nitrogen and oxygen atoms in total. The van der Waals surface area contributed by atoms with Gasteiger partial charge < -0.3 is 15.0 Å². The second kappa shape index (κ2) is 7.96. The van der Waals surface area contributed by atoms with Crippen LogP contribution < -0.4 is 15.0 Å². The summed E-state index contributed by atoms with van der Waals surface area (Å²) in [6.07, 6.45) is 0.107. The third-order valence-electron chi connectivity index (χ3n) is 4.69. The van der Waals surface area contributed by atoms with E-state index in [0.29, 0.717) is 5.69 Å². The fourth-order valence-corrected chi connectivity index (χ4v) is 3.27. The number of benzene rings is 2. The summed E-state index contributed by atoms with van der Waals surface area (Å²) < 4.78 is 18.5. The molecular formula is C20H20ClFN2O3. The first-order chi connectivity index (χ1) is 12.9. The molecule has 1 aliphatic heterocycles. The van der Waals surface area contributed by atoms with Crippen LogP contribution in [0.1, 0.15) is 24.9 Å². The van der Waals surface area contributed by atoms with Crippen LogP contribution in [0.25, 0.3) is 0 Å². The van der Waals surface area contributed by atoms with Crippen LogP contribution in [0.5, 0.6) is 5.75 Å². The van der Waals surface area contributed by atoms with Crippen LogP contribution in [0.3, 0.4) is 0 Å². The number of nitrogens with zero attached hydrogens (tertiary/aromatic N) is 1. The molecule has 0 bridgehead atoms. The van der Waals surface area contributed by atoms with Crippen molar-refractivity contribution in [2.24, 2.45) is 5.92 Å². The lowest BCUT2D eigenvalue weighted by atomic mass is 10.0. The topological polar surface area (TPSA) is 58.6 Å². The molecule has 0 spiro atoms. The molecule has 142 valence electrons. The smallest absolute Gasteiger partial charge is 0.227 e. The maximum absolute atomic E-state index is 13.3. The van der Waals surface area contributed by atoms with Crippen LogP contribution >= 0.6 is 11.6 Å². The first-order valence-corrected chi connectivity index (χ1v) is 8.96. The first kappa shape index (κ1) is 19.2. The summed E-state index contributed by atoms with van der Waals surface area (Å²) in [5.74, 6) is -0.652. The molecular weight excluding hydrogens is 371 g/mol. The van der Waals surface area contributed by atoms with E-state index in [1.807, 2.05) is 31.2 Å². The SMILES string of the molecule is COc1ccc(C(C)NC(=O)C2CC(=O)N(c3ccc(F)c(Cl)c3)C2)cc1. The number of nitrogens with one attached hydrogen (secondary N) is 1. The van der Waals surface area contributed by atoms with Crippen LogP contribution in [0, 0.1) is 11.7 Å². The van der Waals surface area contributed by atoms with Crippen molar-refractivity contribution in [3.8, 4) is 5.75 Å². The first-order valence-electron chi connectivity index (χ1n) is 8.58. The van der Waals surface area contributed by atoms with E-state index in [1.54, 1.807) is 7.11 Å². The van der Waals surface area contributed by atoms with Crippen molar-refractivity contribution in [2.75, 3.05) is 18.6 Å². The predicted octanol–water partition coefficient (Wildman–Crippen LogP) is 3.72. The van der Waals surface area contributed by atoms with E-state index in [0.717, 1.165) is 11.3 Å². The summed E-state index contributed by atoms with van der Waals surface area (Å²) >= 11 is 5.80. The average molecular weight is 391 g/mol. The Morgan fingerprint density at radius 1 is 1.30 bits per heavy atom. The van der Waals surface area contributed by atoms with Gasteiger partial charge >= 0.3 is 0 Å². The van der Waals surface area contributed by atoms with Gasteiger partial charge in [0.05, 0.1) is 24.1 Å². The van der Waals surface area contributed by atoms with Gasteiger partial charge in [-0.15, -0.1) is 0 Å². The molecule has 27 heavy (non-hydrogen) atoms. The summed E-state index contributed by atoms with van der Waals surface area (Å²) in [6, 6.07) is 11.3. The highest BCUT2D eigenvalue weighted by molar-refractivity contribution is 6.31. The molecule has 0 saturated carbocycles. The Bertz CT molecular complexity index is 857. The highest BCUT2D eigenvalue weighted by Gasteiger charge is 2.35. The van der Waals surface area contributed by atoms with E-state index in [-0.39, 0.29) is 35.8 Å². The number of amides is 2. The molecule has 2 unspecified atom stereocenters. The summed E-state index contributed by atoms with van der Waals surface area (Å²) in [7, 11) is 1.59. The van der Waals surface area contributed by atoms with E-state index in [2.05, 4.69) is 5.32 Å². The number of rotatable bonds is 5. The summed E-state index contributed by atoms with van der Waals surface area (Å²) in [6.45, 7) is 2.12. The molecule has 7 heteroatoms. The molecule has 2 aromatic carbocycles. The normalized spacial score (nSPS) is 17.7. The number of hydrogen-bond acceptors (Lipinski definition) is 3. The Labute approximate surface area is 162 Å². The monoisotopic (exact) mass is 390 g/mol. The standard InChI is InChI=1S/C20H20ClFN2O3/c1-12(13-3-6-16(27-2)7-4-13)23-20(26)14-9-19(25)24(11-14)15-5-8-18(22)17(21)10-15/h3-8,10,12,14H,9,11H2,1-2H3,(H,23,26). The van der Waals surface area contributed by atoms with Gasteiger partial charge in [-0.2, -0.15) is 0 Å². The van der Waals surface area contributed by atoms with Crippen LogP contribution in [0.15, 0.2) is 42.5 Å². The van der Waals surface area contributed by atoms with Crippen molar-refractivity contribution in [1.82, 2.24) is 5.32 Å². The number of anilines is 1. The van der Waals surface area contributed by atoms with E-state index >= 15 is 0 Å². The molecule has 3 rings (SSSR count). The predicted molar refractivity (Wildman–Crippen MR) is 101 cm³/mol.